The highest BCUT2D eigenvalue weighted by molar-refractivity contribution is 5.87. The van der Waals surface area contributed by atoms with Crippen molar-refractivity contribution >= 4 is 10.9 Å². The average molecular weight is 280 g/mol. The number of ether oxygens (including phenoxy) is 1. The fraction of sp³-hybridized carbons (Fsp3) is 0.357. The Balaban J connectivity index is 2.11. The second kappa shape index (κ2) is 4.75. The average Bonchev–Trinajstić information content (AvgIpc) is 3.14. The minimum Gasteiger partial charge on any atom is -0.432 e. The first-order valence-electron chi connectivity index (χ1n) is 6.26. The van der Waals surface area contributed by atoms with Gasteiger partial charge in [-0.2, -0.15) is 14.0 Å². The number of nitriles is 1. The predicted octanol–water partition coefficient (Wildman–Crippen LogP) is 3.66. The Morgan fingerprint density at radius 1 is 1.40 bits per heavy atom. The van der Waals surface area contributed by atoms with Gasteiger partial charge >= 0.3 is 6.61 Å². The molecule has 0 bridgehead atoms. The molecule has 2 aromatic rings. The molecule has 104 valence electrons. The second-order valence-electron chi connectivity index (χ2n) is 4.93. The smallest absolute Gasteiger partial charge is 0.387 e. The molecule has 1 saturated carbocycles. The number of hydrogen-bond acceptors (Lipinski definition) is 2. The van der Waals surface area contributed by atoms with E-state index in [0.29, 0.717) is 28.9 Å². The van der Waals surface area contributed by atoms with Gasteiger partial charge in [0, 0.05) is 24.2 Å². The van der Waals surface area contributed by atoms with Gasteiger partial charge in [-0.25, -0.2) is 4.39 Å². The zero-order chi connectivity index (χ0) is 14.3. The van der Waals surface area contributed by atoms with Crippen LogP contribution in [0.4, 0.5) is 13.2 Å². The van der Waals surface area contributed by atoms with Gasteiger partial charge < -0.3 is 9.30 Å². The normalized spacial score (nSPS) is 14.8. The van der Waals surface area contributed by atoms with Gasteiger partial charge in [0.2, 0.25) is 0 Å². The van der Waals surface area contributed by atoms with Crippen molar-refractivity contribution in [3.05, 3.63) is 29.7 Å². The van der Waals surface area contributed by atoms with Crippen molar-refractivity contribution in [2.45, 2.75) is 26.0 Å². The maximum atomic E-state index is 13.7. The molecule has 3 nitrogen and oxygen atoms in total. The monoisotopic (exact) mass is 280 g/mol. The molecule has 0 atom stereocenters. The molecule has 20 heavy (non-hydrogen) atoms. The molecule has 0 aliphatic heterocycles. The van der Waals surface area contributed by atoms with Crippen LogP contribution in [-0.2, 0) is 6.54 Å². The van der Waals surface area contributed by atoms with E-state index in [2.05, 4.69) is 4.74 Å². The first-order chi connectivity index (χ1) is 9.58. The summed E-state index contributed by atoms with van der Waals surface area (Å²) >= 11 is 0. The summed E-state index contributed by atoms with van der Waals surface area (Å²) in [5.41, 5.74) is 0.883. The van der Waals surface area contributed by atoms with Crippen molar-refractivity contribution in [1.29, 1.82) is 5.26 Å². The number of halogens is 3. The molecule has 0 radical (unpaired) electrons. The first kappa shape index (κ1) is 12.9. The third kappa shape index (κ3) is 2.31. The van der Waals surface area contributed by atoms with E-state index in [9.17, 15) is 13.2 Å². The van der Waals surface area contributed by atoms with E-state index in [1.54, 1.807) is 6.20 Å². The number of hydrogen-bond donors (Lipinski definition) is 0. The molecule has 0 spiro atoms. The third-order valence-corrected chi connectivity index (χ3v) is 3.42. The largest absolute Gasteiger partial charge is 0.432 e. The maximum Gasteiger partial charge on any atom is 0.387 e. The lowest BCUT2D eigenvalue weighted by Gasteiger charge is -2.08. The van der Waals surface area contributed by atoms with Crippen LogP contribution >= 0.6 is 0 Å². The Labute approximate surface area is 113 Å². The molecule has 1 fully saturated rings. The van der Waals surface area contributed by atoms with Gasteiger partial charge in [0.1, 0.15) is 6.07 Å². The molecule has 0 amide bonds. The van der Waals surface area contributed by atoms with Crippen LogP contribution in [0.25, 0.3) is 10.9 Å². The van der Waals surface area contributed by atoms with Crippen LogP contribution in [0.15, 0.2) is 18.3 Å². The number of benzene rings is 1. The maximum absolute atomic E-state index is 13.7. The Hall–Kier alpha value is -2.16. The molecular weight excluding hydrogens is 269 g/mol. The molecule has 0 unspecified atom stereocenters. The van der Waals surface area contributed by atoms with Crippen LogP contribution in [0.5, 0.6) is 5.75 Å². The lowest BCUT2D eigenvalue weighted by Crippen LogP contribution is -2.04. The molecule has 3 rings (SSSR count). The topological polar surface area (TPSA) is 38.0 Å². The fourth-order valence-corrected chi connectivity index (χ4v) is 2.30. The van der Waals surface area contributed by atoms with Gasteiger partial charge in [0.15, 0.2) is 11.6 Å². The van der Waals surface area contributed by atoms with Crippen LogP contribution in [0.3, 0.4) is 0 Å². The van der Waals surface area contributed by atoms with Crippen LogP contribution in [0.2, 0.25) is 0 Å². The van der Waals surface area contributed by atoms with Crippen LogP contribution in [-0.4, -0.2) is 11.2 Å². The van der Waals surface area contributed by atoms with E-state index in [4.69, 9.17) is 5.26 Å². The van der Waals surface area contributed by atoms with Crippen LogP contribution in [0, 0.1) is 23.1 Å². The van der Waals surface area contributed by atoms with E-state index < -0.39 is 18.2 Å². The van der Waals surface area contributed by atoms with E-state index >= 15 is 0 Å². The van der Waals surface area contributed by atoms with Crippen LogP contribution < -0.4 is 4.74 Å². The molecule has 1 aliphatic rings. The highest BCUT2D eigenvalue weighted by Gasteiger charge is 2.24. The predicted molar refractivity (Wildman–Crippen MR) is 66.0 cm³/mol. The van der Waals surface area contributed by atoms with Gasteiger partial charge in [-0.05, 0) is 24.8 Å². The highest BCUT2D eigenvalue weighted by Crippen LogP contribution is 2.34. The van der Waals surface area contributed by atoms with Crippen molar-refractivity contribution in [3.63, 3.8) is 0 Å². The first-order valence-corrected chi connectivity index (χ1v) is 6.26. The second-order valence-corrected chi connectivity index (χ2v) is 4.93. The standard InChI is InChI=1S/C14H11F3N2O/c15-11-3-10-9(5-18)7-19(6-8-1-2-8)12(10)4-13(11)20-14(16)17/h3-4,7-8,14H,1-2,6H2. The lowest BCUT2D eigenvalue weighted by atomic mass is 10.2. The molecule has 0 N–H and O–H groups in total. The van der Waals surface area contributed by atoms with Crippen LogP contribution in [0.1, 0.15) is 18.4 Å². The zero-order valence-corrected chi connectivity index (χ0v) is 10.4. The fourth-order valence-electron chi connectivity index (χ4n) is 2.30. The van der Waals surface area contributed by atoms with Gasteiger partial charge in [-0.15, -0.1) is 0 Å². The van der Waals surface area contributed by atoms with Crippen molar-refractivity contribution in [2.75, 3.05) is 0 Å². The van der Waals surface area contributed by atoms with Gasteiger partial charge in [0.05, 0.1) is 11.1 Å². The van der Waals surface area contributed by atoms with E-state index in [1.165, 1.54) is 6.07 Å². The van der Waals surface area contributed by atoms with Crippen molar-refractivity contribution < 1.29 is 17.9 Å². The summed E-state index contributed by atoms with van der Waals surface area (Å²) in [5.74, 6) is -0.840. The van der Waals surface area contributed by atoms with E-state index in [-0.39, 0.29) is 0 Å². The number of rotatable bonds is 4. The molecule has 6 heteroatoms. The lowest BCUT2D eigenvalue weighted by molar-refractivity contribution is -0.0520. The minimum absolute atomic E-state index is 0.336. The van der Waals surface area contributed by atoms with E-state index in [1.807, 2.05) is 10.6 Å². The molecule has 0 saturated heterocycles. The van der Waals surface area contributed by atoms with Gasteiger partial charge in [0.25, 0.3) is 0 Å². The Kier molecular flexibility index (Phi) is 3.05. The molecule has 1 aromatic carbocycles. The number of fused-ring (bicyclic) bond motifs is 1. The molecule has 1 aromatic heterocycles. The number of aromatic nitrogens is 1. The minimum atomic E-state index is -3.08. The molecule has 1 aliphatic carbocycles. The number of nitrogens with zero attached hydrogens (tertiary/aromatic N) is 2. The summed E-state index contributed by atoms with van der Waals surface area (Å²) < 4.78 is 44.2. The summed E-state index contributed by atoms with van der Waals surface area (Å²) in [5, 5.41) is 9.49. The van der Waals surface area contributed by atoms with Gasteiger partial charge in [-0.3, -0.25) is 0 Å². The third-order valence-electron chi connectivity index (χ3n) is 3.42. The summed E-state index contributed by atoms with van der Waals surface area (Å²) in [6.07, 6.45) is 3.86. The Morgan fingerprint density at radius 3 is 2.75 bits per heavy atom. The summed E-state index contributed by atoms with van der Waals surface area (Å²) in [4.78, 5) is 0. The van der Waals surface area contributed by atoms with Gasteiger partial charge in [-0.1, -0.05) is 0 Å². The van der Waals surface area contributed by atoms with Crippen molar-refractivity contribution in [3.8, 4) is 11.8 Å². The molecule has 1 heterocycles. The van der Waals surface area contributed by atoms with Crippen molar-refractivity contribution in [1.82, 2.24) is 4.57 Å². The molecular formula is C14H11F3N2O. The van der Waals surface area contributed by atoms with Crippen molar-refractivity contribution in [2.24, 2.45) is 5.92 Å². The van der Waals surface area contributed by atoms with E-state index in [0.717, 1.165) is 18.9 Å². The zero-order valence-electron chi connectivity index (χ0n) is 10.4. The quantitative estimate of drug-likeness (QED) is 0.857. The summed E-state index contributed by atoms with van der Waals surface area (Å²) in [6, 6.07) is 4.31. The summed E-state index contributed by atoms with van der Waals surface area (Å²) in [7, 11) is 0. The Bertz CT molecular complexity index is 698. The highest BCUT2D eigenvalue weighted by atomic mass is 19.3. The number of alkyl halides is 2. The Morgan fingerprint density at radius 2 is 2.15 bits per heavy atom. The summed E-state index contributed by atoms with van der Waals surface area (Å²) in [6.45, 7) is -2.37. The SMILES string of the molecule is N#Cc1cn(CC2CC2)c2cc(OC(F)F)c(F)cc12.